The molecule has 1 heterocycles. The van der Waals surface area contributed by atoms with Gasteiger partial charge in [-0.2, -0.15) is 5.26 Å². The molecule has 3 aromatic rings. The van der Waals surface area contributed by atoms with Crippen molar-refractivity contribution >= 4 is 40.3 Å². The molecule has 1 amide bonds. The van der Waals surface area contributed by atoms with E-state index in [4.69, 9.17) is 5.11 Å². The summed E-state index contributed by atoms with van der Waals surface area (Å²) in [5.41, 5.74) is 2.11. The van der Waals surface area contributed by atoms with Crippen molar-refractivity contribution in [1.29, 1.82) is 5.26 Å². The summed E-state index contributed by atoms with van der Waals surface area (Å²) in [5.74, 6) is -1.68. The van der Waals surface area contributed by atoms with Crippen molar-refractivity contribution in [1.82, 2.24) is 4.57 Å². The van der Waals surface area contributed by atoms with Crippen molar-refractivity contribution in [3.63, 3.8) is 0 Å². The van der Waals surface area contributed by atoms with Gasteiger partial charge < -0.3 is 15.0 Å². The first-order chi connectivity index (χ1) is 13.9. The van der Waals surface area contributed by atoms with Crippen molar-refractivity contribution in [3.8, 4) is 6.07 Å². The molecule has 0 unspecified atom stereocenters. The second-order valence-corrected chi connectivity index (χ2v) is 6.38. The van der Waals surface area contributed by atoms with E-state index in [9.17, 15) is 19.6 Å². The number of anilines is 1. The summed E-state index contributed by atoms with van der Waals surface area (Å²) in [6.07, 6.45) is 3.03. The van der Waals surface area contributed by atoms with Gasteiger partial charge in [-0.25, -0.2) is 0 Å². The molecule has 0 aliphatic carbocycles. The Kier molecular flexibility index (Phi) is 5.56. The summed E-state index contributed by atoms with van der Waals surface area (Å²) in [6, 6.07) is 15.4. The fourth-order valence-electron chi connectivity index (χ4n) is 2.96. The molecule has 2 aromatic carbocycles. The zero-order chi connectivity index (χ0) is 21.0. The van der Waals surface area contributed by atoms with Crippen LogP contribution < -0.4 is 5.32 Å². The summed E-state index contributed by atoms with van der Waals surface area (Å²) in [4.78, 5) is 35.0. The van der Waals surface area contributed by atoms with Crippen molar-refractivity contribution in [3.05, 3.63) is 71.4 Å². The lowest BCUT2D eigenvalue weighted by Crippen LogP contribution is -2.13. The number of carboxylic acids is 1. The SMILES string of the molecule is CC(=O)c1ccc(NC(=O)C(C#N)=Cc2cn(CC(=O)O)c3ccccc23)cc1. The Morgan fingerprint density at radius 1 is 1.14 bits per heavy atom. The molecule has 0 bridgehead atoms. The van der Waals surface area contributed by atoms with Crippen molar-refractivity contribution in [2.45, 2.75) is 13.5 Å². The van der Waals surface area contributed by atoms with Crippen molar-refractivity contribution in [2.75, 3.05) is 5.32 Å². The van der Waals surface area contributed by atoms with E-state index >= 15 is 0 Å². The number of ketones is 1. The molecule has 0 radical (unpaired) electrons. The maximum Gasteiger partial charge on any atom is 0.323 e. The van der Waals surface area contributed by atoms with E-state index in [1.165, 1.54) is 13.0 Å². The maximum absolute atomic E-state index is 12.5. The number of para-hydroxylation sites is 1. The van der Waals surface area contributed by atoms with Crippen LogP contribution in [0.4, 0.5) is 5.69 Å². The smallest absolute Gasteiger partial charge is 0.323 e. The predicted octanol–water partition coefficient (Wildman–Crippen LogP) is 3.47. The highest BCUT2D eigenvalue weighted by Gasteiger charge is 2.14. The van der Waals surface area contributed by atoms with Crippen LogP contribution in [-0.2, 0) is 16.1 Å². The van der Waals surface area contributed by atoms with Crippen LogP contribution in [0.25, 0.3) is 17.0 Å². The van der Waals surface area contributed by atoms with Gasteiger partial charge in [-0.05, 0) is 43.3 Å². The van der Waals surface area contributed by atoms with Crippen LogP contribution in [0, 0.1) is 11.3 Å². The minimum Gasteiger partial charge on any atom is -0.480 e. The first-order valence-electron chi connectivity index (χ1n) is 8.73. The largest absolute Gasteiger partial charge is 0.480 e. The third-order valence-corrected chi connectivity index (χ3v) is 4.34. The summed E-state index contributed by atoms with van der Waals surface area (Å²) in [5, 5.41) is 21.9. The molecule has 0 aliphatic rings. The lowest BCUT2D eigenvalue weighted by atomic mass is 10.1. The van der Waals surface area contributed by atoms with Crippen LogP contribution >= 0.6 is 0 Å². The van der Waals surface area contributed by atoms with E-state index in [0.717, 1.165) is 5.39 Å². The number of rotatable bonds is 6. The molecular weight excluding hydrogens is 370 g/mol. The molecule has 7 nitrogen and oxygen atoms in total. The van der Waals surface area contributed by atoms with Gasteiger partial charge in [0.25, 0.3) is 5.91 Å². The Hall–Kier alpha value is -4.18. The Labute approximate surface area is 166 Å². The van der Waals surface area contributed by atoms with Gasteiger partial charge in [0.1, 0.15) is 18.2 Å². The van der Waals surface area contributed by atoms with Crippen LogP contribution in [0.3, 0.4) is 0 Å². The average molecular weight is 387 g/mol. The van der Waals surface area contributed by atoms with E-state index in [0.29, 0.717) is 22.3 Å². The molecule has 0 aliphatic heterocycles. The number of fused-ring (bicyclic) bond motifs is 1. The summed E-state index contributed by atoms with van der Waals surface area (Å²) in [6.45, 7) is 1.22. The molecule has 29 heavy (non-hydrogen) atoms. The standard InChI is InChI=1S/C22H17N3O4/c1-14(26)15-6-8-18(9-7-15)24-22(29)16(11-23)10-17-12-25(13-21(27)28)20-5-3-2-4-19(17)20/h2-10,12H,13H2,1H3,(H,24,29)(H,27,28). The monoisotopic (exact) mass is 387 g/mol. The van der Waals surface area contributed by atoms with Crippen LogP contribution in [-0.4, -0.2) is 27.3 Å². The van der Waals surface area contributed by atoms with Gasteiger partial charge in [0, 0.05) is 33.9 Å². The number of carbonyl (C=O) groups is 3. The van der Waals surface area contributed by atoms with Gasteiger partial charge in [0.2, 0.25) is 0 Å². The lowest BCUT2D eigenvalue weighted by molar-refractivity contribution is -0.137. The number of nitrogens with one attached hydrogen (secondary N) is 1. The highest BCUT2D eigenvalue weighted by atomic mass is 16.4. The van der Waals surface area contributed by atoms with E-state index in [1.54, 1.807) is 59.3 Å². The van der Waals surface area contributed by atoms with Gasteiger partial charge in [-0.1, -0.05) is 18.2 Å². The molecule has 0 spiro atoms. The van der Waals surface area contributed by atoms with Crippen LogP contribution in [0.5, 0.6) is 0 Å². The molecule has 0 atom stereocenters. The Bertz CT molecular complexity index is 1180. The molecule has 0 saturated heterocycles. The molecule has 7 heteroatoms. The number of carboxylic acid groups (broad SMARTS) is 1. The molecule has 1 aromatic heterocycles. The number of benzene rings is 2. The van der Waals surface area contributed by atoms with Gasteiger partial charge in [0.15, 0.2) is 5.78 Å². The Morgan fingerprint density at radius 2 is 1.83 bits per heavy atom. The van der Waals surface area contributed by atoms with E-state index in [-0.39, 0.29) is 17.9 Å². The fourth-order valence-corrected chi connectivity index (χ4v) is 2.96. The Balaban J connectivity index is 1.91. The third kappa shape index (κ3) is 4.39. The molecule has 3 rings (SSSR count). The van der Waals surface area contributed by atoms with Gasteiger partial charge in [-0.15, -0.1) is 0 Å². The predicted molar refractivity (Wildman–Crippen MR) is 108 cm³/mol. The molecule has 144 valence electrons. The number of Topliss-reactive ketones (excluding diaryl/α,β-unsaturated/α-hetero) is 1. The summed E-state index contributed by atoms with van der Waals surface area (Å²) in [7, 11) is 0. The second-order valence-electron chi connectivity index (χ2n) is 6.38. The highest BCUT2D eigenvalue weighted by molar-refractivity contribution is 6.11. The third-order valence-electron chi connectivity index (χ3n) is 4.34. The fraction of sp³-hybridized carbons (Fsp3) is 0.0909. The first kappa shape index (κ1) is 19.6. The zero-order valence-electron chi connectivity index (χ0n) is 15.5. The van der Waals surface area contributed by atoms with Crippen LogP contribution in [0.15, 0.2) is 60.3 Å². The zero-order valence-corrected chi connectivity index (χ0v) is 15.5. The van der Waals surface area contributed by atoms with Gasteiger partial charge in [-0.3, -0.25) is 14.4 Å². The second kappa shape index (κ2) is 8.23. The first-order valence-corrected chi connectivity index (χ1v) is 8.73. The van der Waals surface area contributed by atoms with E-state index in [2.05, 4.69) is 5.32 Å². The topological polar surface area (TPSA) is 112 Å². The number of nitrogens with zero attached hydrogens (tertiary/aromatic N) is 2. The summed E-state index contributed by atoms with van der Waals surface area (Å²) >= 11 is 0. The number of aliphatic carboxylic acids is 1. The van der Waals surface area contributed by atoms with Crippen molar-refractivity contribution in [2.24, 2.45) is 0 Å². The number of hydrogen-bond acceptors (Lipinski definition) is 4. The number of amides is 1. The van der Waals surface area contributed by atoms with Gasteiger partial charge >= 0.3 is 5.97 Å². The minimum absolute atomic E-state index is 0.0850. The van der Waals surface area contributed by atoms with Crippen LogP contribution in [0.2, 0.25) is 0 Å². The summed E-state index contributed by atoms with van der Waals surface area (Å²) < 4.78 is 1.55. The van der Waals surface area contributed by atoms with Crippen molar-refractivity contribution < 1.29 is 19.5 Å². The minimum atomic E-state index is -0.992. The Morgan fingerprint density at radius 3 is 2.45 bits per heavy atom. The van der Waals surface area contributed by atoms with E-state index < -0.39 is 11.9 Å². The van der Waals surface area contributed by atoms with Gasteiger partial charge in [0.05, 0.1) is 0 Å². The highest BCUT2D eigenvalue weighted by Crippen LogP contribution is 2.24. The number of carbonyl (C=O) groups excluding carboxylic acids is 2. The van der Waals surface area contributed by atoms with Crippen LogP contribution in [0.1, 0.15) is 22.8 Å². The normalized spacial score (nSPS) is 11.1. The van der Waals surface area contributed by atoms with E-state index in [1.807, 2.05) is 6.07 Å². The molecule has 2 N–H and O–H groups in total. The lowest BCUT2D eigenvalue weighted by Gasteiger charge is -2.05. The number of nitriles is 1. The average Bonchev–Trinajstić information content (AvgIpc) is 3.03. The molecule has 0 fully saturated rings. The maximum atomic E-state index is 12.5. The molecular formula is C22H17N3O4. The quantitative estimate of drug-likeness (QED) is 0.382. The number of hydrogen-bond donors (Lipinski definition) is 2. The number of aromatic nitrogens is 1. The molecule has 0 saturated carbocycles.